The van der Waals surface area contributed by atoms with Crippen molar-refractivity contribution in [2.75, 3.05) is 13.2 Å². The standard InChI is InChI=1S/C63H100O6/c1-4-7-10-13-16-18-20-22-24-26-28-29-30-31-32-33-35-36-38-40-42-44-47-50-53-56-62(65)68-59-60(58-67-61(64)55-52-49-46-15-12-9-6-3)69-63(66)57-54-51-48-45-43-41-39-37-34-27-25-23-21-19-17-14-11-8-5-2/h7-8,10-11,16-19,22-25,28-29,31-32,34-37,41,43,60H,4-6,9,12-15,20-21,26-27,30,33,38-40,42,44-59H2,1-3H3/b10-7-,11-8-,18-16-,19-17-,24-22-,25-23-,29-28-,32-31-,36-35-,37-34-,43-41-. The topological polar surface area (TPSA) is 78.9 Å². The lowest BCUT2D eigenvalue weighted by molar-refractivity contribution is -0.167. The Morgan fingerprint density at radius 1 is 0.304 bits per heavy atom. The minimum atomic E-state index is -0.804. The summed E-state index contributed by atoms with van der Waals surface area (Å²) < 4.78 is 16.7. The van der Waals surface area contributed by atoms with Crippen molar-refractivity contribution in [3.8, 4) is 0 Å². The SMILES string of the molecule is CC/C=C\C/C=C\C/C=C\C/C=C\C/C=C\C/C=C\CCCCCCCCC(=O)OCC(COC(=O)CCCCCCCCC)OC(=O)CCCCC/C=C\C/C=C\C/C=C\C/C=C\C/C=C\CC. The summed E-state index contributed by atoms with van der Waals surface area (Å²) in [5.74, 6) is -0.962. The Morgan fingerprint density at radius 3 is 0.899 bits per heavy atom. The molecule has 0 aliphatic rings. The highest BCUT2D eigenvalue weighted by atomic mass is 16.6. The minimum absolute atomic E-state index is 0.100. The summed E-state index contributed by atoms with van der Waals surface area (Å²) >= 11 is 0. The van der Waals surface area contributed by atoms with Crippen LogP contribution in [0.3, 0.4) is 0 Å². The molecule has 0 fully saturated rings. The molecule has 69 heavy (non-hydrogen) atoms. The van der Waals surface area contributed by atoms with Crippen molar-refractivity contribution in [2.24, 2.45) is 0 Å². The number of ether oxygens (including phenoxy) is 3. The Kier molecular flexibility index (Phi) is 52.5. The van der Waals surface area contributed by atoms with E-state index in [4.69, 9.17) is 14.2 Å². The summed E-state index contributed by atoms with van der Waals surface area (Å²) in [4.78, 5) is 37.9. The first-order valence-corrected chi connectivity index (χ1v) is 27.7. The lowest BCUT2D eigenvalue weighted by Gasteiger charge is -2.18. The van der Waals surface area contributed by atoms with Crippen LogP contribution in [0.5, 0.6) is 0 Å². The zero-order chi connectivity index (χ0) is 50.0. The second-order valence-corrected chi connectivity index (χ2v) is 17.7. The Morgan fingerprint density at radius 2 is 0.565 bits per heavy atom. The molecule has 0 spiro atoms. The molecule has 6 heteroatoms. The molecular weight excluding hydrogens is 853 g/mol. The monoisotopic (exact) mass is 953 g/mol. The van der Waals surface area contributed by atoms with Crippen molar-refractivity contribution in [1.29, 1.82) is 0 Å². The third-order valence-corrected chi connectivity index (χ3v) is 11.2. The molecule has 388 valence electrons. The van der Waals surface area contributed by atoms with Gasteiger partial charge in [0, 0.05) is 19.3 Å². The predicted molar refractivity (Wildman–Crippen MR) is 297 cm³/mol. The van der Waals surface area contributed by atoms with Gasteiger partial charge < -0.3 is 14.2 Å². The van der Waals surface area contributed by atoms with Gasteiger partial charge in [-0.25, -0.2) is 0 Å². The van der Waals surface area contributed by atoms with Crippen molar-refractivity contribution in [1.82, 2.24) is 0 Å². The summed E-state index contributed by atoms with van der Waals surface area (Å²) in [6.45, 7) is 6.31. The predicted octanol–water partition coefficient (Wildman–Crippen LogP) is 18.6. The van der Waals surface area contributed by atoms with Crippen LogP contribution < -0.4 is 0 Å². The minimum Gasteiger partial charge on any atom is -0.462 e. The van der Waals surface area contributed by atoms with Crippen LogP contribution in [0.1, 0.15) is 226 Å². The summed E-state index contributed by atoms with van der Waals surface area (Å²) in [5.41, 5.74) is 0. The quantitative estimate of drug-likeness (QED) is 0.0262. The van der Waals surface area contributed by atoms with Gasteiger partial charge in [-0.05, 0) is 116 Å². The van der Waals surface area contributed by atoms with Crippen molar-refractivity contribution in [2.45, 2.75) is 232 Å². The van der Waals surface area contributed by atoms with Crippen LogP contribution in [0.4, 0.5) is 0 Å². The van der Waals surface area contributed by atoms with Crippen LogP contribution in [0, 0.1) is 0 Å². The molecule has 1 atom stereocenters. The average molecular weight is 953 g/mol. The van der Waals surface area contributed by atoms with E-state index in [0.29, 0.717) is 12.8 Å². The van der Waals surface area contributed by atoms with Gasteiger partial charge in [0.2, 0.25) is 0 Å². The van der Waals surface area contributed by atoms with Gasteiger partial charge in [0.25, 0.3) is 0 Å². The smallest absolute Gasteiger partial charge is 0.306 e. The maximum absolute atomic E-state index is 12.8. The first kappa shape index (κ1) is 64.5. The van der Waals surface area contributed by atoms with E-state index in [1.807, 2.05) is 0 Å². The van der Waals surface area contributed by atoms with Crippen LogP contribution in [0.25, 0.3) is 0 Å². The van der Waals surface area contributed by atoms with Crippen LogP contribution in [0.15, 0.2) is 134 Å². The molecule has 6 nitrogen and oxygen atoms in total. The molecule has 0 aromatic heterocycles. The fraction of sp³-hybridized carbons (Fsp3) is 0.603. The number of rotatable bonds is 48. The Bertz CT molecular complexity index is 1510. The van der Waals surface area contributed by atoms with E-state index in [1.54, 1.807) is 0 Å². The molecule has 0 aromatic carbocycles. The Hall–Kier alpha value is -4.45. The Balaban J connectivity index is 4.33. The number of esters is 3. The van der Waals surface area contributed by atoms with Gasteiger partial charge in [0.15, 0.2) is 6.10 Å². The van der Waals surface area contributed by atoms with Gasteiger partial charge in [-0.3, -0.25) is 14.4 Å². The van der Waals surface area contributed by atoms with Crippen LogP contribution in [-0.2, 0) is 28.6 Å². The first-order valence-electron chi connectivity index (χ1n) is 27.7. The van der Waals surface area contributed by atoms with Gasteiger partial charge >= 0.3 is 17.9 Å². The summed E-state index contributed by atoms with van der Waals surface area (Å²) in [6, 6.07) is 0. The van der Waals surface area contributed by atoms with Gasteiger partial charge in [0.05, 0.1) is 0 Å². The highest BCUT2D eigenvalue weighted by Crippen LogP contribution is 2.13. The summed E-state index contributed by atoms with van der Waals surface area (Å²) in [7, 11) is 0. The molecule has 1 unspecified atom stereocenters. The number of carbonyl (C=O) groups is 3. The second-order valence-electron chi connectivity index (χ2n) is 17.7. The fourth-order valence-corrected chi connectivity index (χ4v) is 7.06. The zero-order valence-corrected chi connectivity index (χ0v) is 44.3. The van der Waals surface area contributed by atoms with E-state index < -0.39 is 6.10 Å². The molecule has 0 aromatic rings. The van der Waals surface area contributed by atoms with E-state index >= 15 is 0 Å². The van der Waals surface area contributed by atoms with E-state index in [2.05, 4.69) is 154 Å². The molecule has 0 N–H and O–H groups in total. The van der Waals surface area contributed by atoms with E-state index in [-0.39, 0.29) is 37.5 Å². The zero-order valence-electron chi connectivity index (χ0n) is 44.3. The number of hydrogen-bond donors (Lipinski definition) is 0. The molecule has 0 amide bonds. The lowest BCUT2D eigenvalue weighted by Crippen LogP contribution is -2.30. The van der Waals surface area contributed by atoms with Crippen molar-refractivity contribution < 1.29 is 28.6 Å². The highest BCUT2D eigenvalue weighted by Gasteiger charge is 2.19. The van der Waals surface area contributed by atoms with Crippen molar-refractivity contribution in [3.05, 3.63) is 134 Å². The summed E-state index contributed by atoms with van der Waals surface area (Å²) in [6.07, 6.45) is 78.8. The second kappa shape index (κ2) is 56.1. The number of unbranched alkanes of at least 4 members (excludes halogenated alkanes) is 15. The average Bonchev–Trinajstić information content (AvgIpc) is 3.35. The maximum atomic E-state index is 12.8. The molecule has 0 saturated heterocycles. The van der Waals surface area contributed by atoms with Crippen molar-refractivity contribution >= 4 is 17.9 Å². The third kappa shape index (κ3) is 54.4. The Labute approximate surface area is 424 Å². The number of hydrogen-bond acceptors (Lipinski definition) is 6. The fourth-order valence-electron chi connectivity index (χ4n) is 7.06. The van der Waals surface area contributed by atoms with E-state index in [0.717, 1.165) is 148 Å². The van der Waals surface area contributed by atoms with Gasteiger partial charge in [-0.1, -0.05) is 225 Å². The molecule has 0 rings (SSSR count). The molecule has 0 aliphatic heterocycles. The first-order chi connectivity index (χ1) is 34.0. The largest absolute Gasteiger partial charge is 0.462 e. The number of carbonyl (C=O) groups excluding carboxylic acids is 3. The molecule has 0 radical (unpaired) electrons. The van der Waals surface area contributed by atoms with Gasteiger partial charge in [-0.15, -0.1) is 0 Å². The van der Waals surface area contributed by atoms with Crippen LogP contribution in [0.2, 0.25) is 0 Å². The van der Waals surface area contributed by atoms with E-state index in [9.17, 15) is 14.4 Å². The van der Waals surface area contributed by atoms with Gasteiger partial charge in [0.1, 0.15) is 13.2 Å². The molecule has 0 saturated carbocycles. The van der Waals surface area contributed by atoms with Gasteiger partial charge in [-0.2, -0.15) is 0 Å². The van der Waals surface area contributed by atoms with Crippen LogP contribution in [-0.4, -0.2) is 37.2 Å². The number of allylic oxidation sites excluding steroid dienone is 22. The molecule has 0 heterocycles. The lowest BCUT2D eigenvalue weighted by atomic mass is 10.1. The highest BCUT2D eigenvalue weighted by molar-refractivity contribution is 5.71. The molecule has 0 bridgehead atoms. The van der Waals surface area contributed by atoms with Crippen LogP contribution >= 0.6 is 0 Å². The molecule has 0 aliphatic carbocycles. The van der Waals surface area contributed by atoms with E-state index in [1.165, 1.54) is 38.5 Å². The summed E-state index contributed by atoms with van der Waals surface area (Å²) in [5, 5.41) is 0. The third-order valence-electron chi connectivity index (χ3n) is 11.2. The maximum Gasteiger partial charge on any atom is 0.306 e. The van der Waals surface area contributed by atoms with Crippen molar-refractivity contribution in [3.63, 3.8) is 0 Å². The normalized spacial score (nSPS) is 13.1. The molecular formula is C63H100O6.